The molecule has 0 bridgehead atoms. The van der Waals surface area contributed by atoms with Crippen molar-refractivity contribution in [3.63, 3.8) is 0 Å². The molecule has 0 saturated heterocycles. The molecule has 0 atom stereocenters. The molecule has 0 spiro atoms. The van der Waals surface area contributed by atoms with Gasteiger partial charge in [-0.25, -0.2) is 0 Å². The summed E-state index contributed by atoms with van der Waals surface area (Å²) in [5.74, 6) is 0. The first kappa shape index (κ1) is 101. The quantitative estimate of drug-likeness (QED) is 0.253. The SMILES string of the molecule is O.O.O.O.O.OS.[BaH2]. The third-order valence-electron chi connectivity index (χ3n) is 0. The van der Waals surface area contributed by atoms with Crippen LogP contribution in [0.4, 0.5) is 0 Å². The molecule has 0 aliphatic heterocycles. The Bertz CT molecular complexity index is 8.49. The zero-order chi connectivity index (χ0) is 2.00. The summed E-state index contributed by atoms with van der Waals surface area (Å²) in [6.07, 6.45) is 0. The van der Waals surface area contributed by atoms with E-state index < -0.39 is 0 Å². The van der Waals surface area contributed by atoms with Crippen molar-refractivity contribution in [2.75, 3.05) is 0 Å². The molecule has 58 valence electrons. The van der Waals surface area contributed by atoms with Crippen molar-refractivity contribution < 1.29 is 31.9 Å². The van der Waals surface area contributed by atoms with Crippen LogP contribution >= 0.6 is 12.9 Å². The first-order chi connectivity index (χ1) is 1.00. The molecule has 0 amide bonds. The molecule has 0 fully saturated rings. The molecule has 6 nitrogen and oxygen atoms in total. The maximum absolute atomic E-state index is 6.69. The summed E-state index contributed by atoms with van der Waals surface area (Å²) in [4.78, 5) is 0. The van der Waals surface area contributed by atoms with Gasteiger partial charge < -0.3 is 31.9 Å². The molecule has 0 saturated carbocycles. The standard InChI is InChI=1S/Ba.H2OS.5H2O.2H/c;1-2;;;;;;;/h;1-2H;5*1H2;;. The summed E-state index contributed by atoms with van der Waals surface area (Å²) < 4.78 is 6.69. The molecular weight excluding hydrogens is 265 g/mol. The molecule has 8 heavy (non-hydrogen) atoms. The molecule has 0 heterocycles. The predicted molar refractivity (Wildman–Crippen MR) is 38.2 cm³/mol. The zero-order valence-electron chi connectivity index (χ0n) is 3.39. The number of thiol groups is 1. The van der Waals surface area contributed by atoms with Crippen molar-refractivity contribution in [3.8, 4) is 0 Å². The second-order valence-corrected chi connectivity index (χ2v) is 0. The van der Waals surface area contributed by atoms with Gasteiger partial charge in [-0.05, 0) is 12.9 Å². The van der Waals surface area contributed by atoms with E-state index in [0.29, 0.717) is 0 Å². The van der Waals surface area contributed by atoms with E-state index in [1.165, 1.54) is 0 Å². The minimum atomic E-state index is 0. The second-order valence-electron chi connectivity index (χ2n) is 0. The van der Waals surface area contributed by atoms with Crippen LogP contribution in [0.1, 0.15) is 0 Å². The van der Waals surface area contributed by atoms with E-state index in [9.17, 15) is 0 Å². The molecule has 0 aromatic rings. The fraction of sp³-hybridized carbons (Fsp3) is 0. The monoisotopic (exact) mass is 280 g/mol. The average Bonchev–Trinajstić information content (AvgIpc) is 1.00. The molecule has 0 aromatic heterocycles. The molecule has 0 aromatic carbocycles. The fourth-order valence-electron chi connectivity index (χ4n) is 0. The summed E-state index contributed by atoms with van der Waals surface area (Å²) in [5.41, 5.74) is 0. The van der Waals surface area contributed by atoms with Crippen molar-refractivity contribution in [1.82, 2.24) is 0 Å². The van der Waals surface area contributed by atoms with Gasteiger partial charge in [-0.1, -0.05) is 0 Å². The Labute approximate surface area is 92.5 Å². The topological polar surface area (TPSA) is 178 Å². The van der Waals surface area contributed by atoms with Crippen LogP contribution in [0, 0.1) is 0 Å². The van der Waals surface area contributed by atoms with Crippen LogP contribution in [0.15, 0.2) is 0 Å². The van der Waals surface area contributed by atoms with Crippen molar-refractivity contribution in [1.29, 1.82) is 0 Å². The van der Waals surface area contributed by atoms with Gasteiger partial charge >= 0.3 is 48.9 Å². The van der Waals surface area contributed by atoms with Crippen LogP contribution in [0.5, 0.6) is 0 Å². The van der Waals surface area contributed by atoms with Gasteiger partial charge in [0.25, 0.3) is 0 Å². The Morgan fingerprint density at radius 2 is 0.625 bits per heavy atom. The van der Waals surface area contributed by atoms with Crippen LogP contribution in [0.2, 0.25) is 0 Å². The Kier molecular flexibility index (Phi) is 2300. The minimum absolute atomic E-state index is 0. The van der Waals surface area contributed by atoms with Crippen molar-refractivity contribution in [2.24, 2.45) is 0 Å². The van der Waals surface area contributed by atoms with Gasteiger partial charge in [0.05, 0.1) is 0 Å². The molecule has 0 rings (SSSR count). The maximum atomic E-state index is 6.69. The zero-order valence-corrected chi connectivity index (χ0v) is 4.29. The summed E-state index contributed by atoms with van der Waals surface area (Å²) in [6.45, 7) is 0. The molecule has 0 aliphatic rings. The van der Waals surface area contributed by atoms with Gasteiger partial charge in [0.2, 0.25) is 0 Å². The van der Waals surface area contributed by atoms with E-state index in [4.69, 9.17) is 4.55 Å². The summed E-state index contributed by atoms with van der Waals surface area (Å²) in [5, 5.41) is 0. The van der Waals surface area contributed by atoms with E-state index in [1.54, 1.807) is 0 Å². The molecule has 11 N–H and O–H groups in total. The van der Waals surface area contributed by atoms with Crippen LogP contribution in [-0.2, 0) is 0 Å². The van der Waals surface area contributed by atoms with Crippen LogP contribution in [0.25, 0.3) is 0 Å². The van der Waals surface area contributed by atoms with Crippen LogP contribution in [-0.4, -0.2) is 80.8 Å². The van der Waals surface area contributed by atoms with Crippen LogP contribution in [0.3, 0.4) is 0 Å². The van der Waals surface area contributed by atoms with Crippen molar-refractivity contribution in [2.45, 2.75) is 0 Å². The number of hydrogen-bond acceptors (Lipinski definition) is 2. The fourth-order valence-corrected chi connectivity index (χ4v) is 0. The van der Waals surface area contributed by atoms with Gasteiger partial charge in [-0.2, -0.15) is 0 Å². The first-order valence-electron chi connectivity index (χ1n) is 0.200. The molecule has 0 unspecified atom stereocenters. The van der Waals surface area contributed by atoms with Gasteiger partial charge in [0, 0.05) is 0 Å². The van der Waals surface area contributed by atoms with Crippen molar-refractivity contribution in [3.05, 3.63) is 0 Å². The summed E-state index contributed by atoms with van der Waals surface area (Å²) in [7, 11) is 0. The third kappa shape index (κ3) is 121. The Hall–Kier alpha value is 1.68. The molecule has 8 heteroatoms. The van der Waals surface area contributed by atoms with E-state index in [2.05, 4.69) is 12.9 Å². The first-order valence-corrected chi connectivity index (χ1v) is 0.600. The van der Waals surface area contributed by atoms with Gasteiger partial charge in [-0.15, -0.1) is 0 Å². The summed E-state index contributed by atoms with van der Waals surface area (Å²) >= 11 is 2.53. The average molecular weight is 280 g/mol. The van der Waals surface area contributed by atoms with E-state index in [1.807, 2.05) is 0 Å². The molecule has 0 aliphatic carbocycles. The molecular formula is H14BaO6S. The predicted octanol–water partition coefficient (Wildman–Crippen LogP) is -4.65. The van der Waals surface area contributed by atoms with Crippen molar-refractivity contribution >= 4 is 61.8 Å². The van der Waals surface area contributed by atoms with E-state index in [0.717, 1.165) is 0 Å². The van der Waals surface area contributed by atoms with Gasteiger partial charge in [-0.3, -0.25) is 0 Å². The molecule has 0 radical (unpaired) electrons. The second kappa shape index (κ2) is 181. The van der Waals surface area contributed by atoms with E-state index >= 15 is 0 Å². The number of hydrogen-bond donors (Lipinski definition) is 2. The Morgan fingerprint density at radius 1 is 0.625 bits per heavy atom. The van der Waals surface area contributed by atoms with Gasteiger partial charge in [0.15, 0.2) is 0 Å². The Balaban J connectivity index is -0.000000000333. The number of rotatable bonds is 0. The Morgan fingerprint density at radius 3 is 0.625 bits per heavy atom. The normalized spacial score (nSPS) is 0.750. The third-order valence-corrected chi connectivity index (χ3v) is 0. The van der Waals surface area contributed by atoms with Gasteiger partial charge in [0.1, 0.15) is 0 Å². The van der Waals surface area contributed by atoms with E-state index in [-0.39, 0.29) is 76.3 Å². The summed E-state index contributed by atoms with van der Waals surface area (Å²) in [6, 6.07) is 0. The van der Waals surface area contributed by atoms with Crippen LogP contribution < -0.4 is 0 Å².